The molecule has 7 nitrogen and oxygen atoms in total. The second-order valence-electron chi connectivity index (χ2n) is 7.34. The number of hydrogen-bond donors (Lipinski definition) is 2. The Morgan fingerprint density at radius 2 is 1.70 bits per heavy atom. The third-order valence-corrected chi connectivity index (χ3v) is 4.83. The van der Waals surface area contributed by atoms with E-state index >= 15 is 0 Å². The minimum absolute atomic E-state index is 0.155. The van der Waals surface area contributed by atoms with Gasteiger partial charge < -0.3 is 15.2 Å². The first kappa shape index (κ1) is 21.8. The average Bonchev–Trinajstić information content (AvgIpc) is 2.77. The number of rotatable bonds is 5. The third-order valence-electron chi connectivity index (χ3n) is 4.83. The van der Waals surface area contributed by atoms with Crippen molar-refractivity contribution in [2.45, 2.75) is 13.5 Å². The number of hydrogen-bond acceptors (Lipinski definition) is 4. The van der Waals surface area contributed by atoms with Crippen molar-refractivity contribution in [3.63, 3.8) is 0 Å². The summed E-state index contributed by atoms with van der Waals surface area (Å²) in [5.74, 6) is -2.19. The first-order chi connectivity index (χ1) is 15.8. The fourth-order valence-electron chi connectivity index (χ4n) is 3.30. The van der Waals surface area contributed by atoms with E-state index in [1.165, 1.54) is 59.3 Å². The van der Waals surface area contributed by atoms with Crippen molar-refractivity contribution >= 4 is 34.2 Å². The first-order valence-corrected chi connectivity index (χ1v) is 9.93. The highest BCUT2D eigenvalue weighted by atomic mass is 19.1. The van der Waals surface area contributed by atoms with Crippen LogP contribution in [-0.4, -0.2) is 21.4 Å². The van der Waals surface area contributed by atoms with E-state index < -0.39 is 28.9 Å². The lowest BCUT2D eigenvalue weighted by Crippen LogP contribution is -2.27. The van der Waals surface area contributed by atoms with Gasteiger partial charge in [0.2, 0.25) is 11.3 Å². The number of amides is 2. The molecule has 0 atom stereocenters. The van der Waals surface area contributed by atoms with Crippen LogP contribution in [0.1, 0.15) is 16.1 Å². The number of nitrogens with zero attached hydrogens (tertiary/aromatic N) is 2. The third kappa shape index (κ3) is 4.93. The molecule has 2 amide bonds. The molecule has 2 heterocycles. The Balaban J connectivity index is 1.70. The van der Waals surface area contributed by atoms with Gasteiger partial charge in [-0.15, -0.1) is 0 Å². The number of nitrogens with one attached hydrogen (secondary N) is 2. The molecule has 0 radical (unpaired) electrons. The summed E-state index contributed by atoms with van der Waals surface area (Å²) in [6.07, 6.45) is 1.25. The quantitative estimate of drug-likeness (QED) is 0.485. The summed E-state index contributed by atoms with van der Waals surface area (Å²) < 4.78 is 28.0. The van der Waals surface area contributed by atoms with Crippen molar-refractivity contribution in [2.75, 3.05) is 10.6 Å². The Kier molecular flexibility index (Phi) is 5.95. The number of anilines is 2. The van der Waals surface area contributed by atoms with Crippen molar-refractivity contribution in [3.8, 4) is 0 Å². The number of halogens is 2. The lowest BCUT2D eigenvalue weighted by molar-refractivity contribution is -0.116. The minimum atomic E-state index is -0.749. The van der Waals surface area contributed by atoms with Crippen LogP contribution in [-0.2, 0) is 11.3 Å². The summed E-state index contributed by atoms with van der Waals surface area (Å²) in [6.45, 7) is 1.47. The Hall–Kier alpha value is -4.40. The SMILES string of the molecule is Cc1ccc2c(=O)c(C(=O)Nc3cccc(F)c3)cn(CC(=O)Nc3ccc(F)cc3)c2n1. The van der Waals surface area contributed by atoms with Crippen LogP contribution in [0, 0.1) is 18.6 Å². The molecule has 0 saturated heterocycles. The van der Waals surface area contributed by atoms with Gasteiger partial charge in [-0.05, 0) is 61.5 Å². The van der Waals surface area contributed by atoms with Gasteiger partial charge in [0.15, 0.2) is 0 Å². The minimum Gasteiger partial charge on any atom is -0.325 e. The molecule has 9 heteroatoms. The molecule has 0 unspecified atom stereocenters. The average molecular weight is 448 g/mol. The van der Waals surface area contributed by atoms with Gasteiger partial charge in [-0.1, -0.05) is 6.07 Å². The van der Waals surface area contributed by atoms with Crippen molar-refractivity contribution < 1.29 is 18.4 Å². The van der Waals surface area contributed by atoms with Gasteiger partial charge in [0.05, 0.1) is 5.39 Å². The molecule has 0 spiro atoms. The zero-order valence-electron chi connectivity index (χ0n) is 17.4. The number of carbonyl (C=O) groups is 2. The molecule has 0 fully saturated rings. The number of fused-ring (bicyclic) bond motifs is 1. The molecule has 0 saturated carbocycles. The van der Waals surface area contributed by atoms with E-state index in [9.17, 15) is 23.2 Å². The van der Waals surface area contributed by atoms with Crippen LogP contribution in [0.4, 0.5) is 20.2 Å². The van der Waals surface area contributed by atoms with E-state index in [1.807, 2.05) is 0 Å². The summed E-state index contributed by atoms with van der Waals surface area (Å²) in [5.41, 5.74) is 0.624. The van der Waals surface area contributed by atoms with Gasteiger partial charge >= 0.3 is 0 Å². The van der Waals surface area contributed by atoms with Crippen LogP contribution in [0.15, 0.2) is 71.7 Å². The number of pyridine rings is 2. The monoisotopic (exact) mass is 448 g/mol. The van der Waals surface area contributed by atoms with E-state index in [0.29, 0.717) is 11.4 Å². The summed E-state index contributed by atoms with van der Waals surface area (Å²) in [4.78, 5) is 42.8. The van der Waals surface area contributed by atoms with E-state index in [-0.39, 0.29) is 28.8 Å². The van der Waals surface area contributed by atoms with E-state index in [0.717, 1.165) is 6.07 Å². The molecule has 33 heavy (non-hydrogen) atoms. The lowest BCUT2D eigenvalue weighted by atomic mass is 10.1. The van der Waals surface area contributed by atoms with Gasteiger partial charge in [-0.2, -0.15) is 0 Å². The fourth-order valence-corrected chi connectivity index (χ4v) is 3.30. The Morgan fingerprint density at radius 3 is 2.42 bits per heavy atom. The Bertz CT molecular complexity index is 1430. The van der Waals surface area contributed by atoms with Crippen LogP contribution in [0.3, 0.4) is 0 Å². The topological polar surface area (TPSA) is 93.1 Å². The molecule has 0 aliphatic heterocycles. The first-order valence-electron chi connectivity index (χ1n) is 9.93. The maximum atomic E-state index is 13.5. The van der Waals surface area contributed by atoms with E-state index in [4.69, 9.17) is 0 Å². The second-order valence-corrected chi connectivity index (χ2v) is 7.34. The molecule has 4 rings (SSSR count). The van der Waals surface area contributed by atoms with Gasteiger partial charge in [-0.25, -0.2) is 13.8 Å². The van der Waals surface area contributed by atoms with Crippen molar-refractivity contribution in [3.05, 3.63) is 100.0 Å². The van der Waals surface area contributed by atoms with E-state index in [1.54, 1.807) is 13.0 Å². The molecule has 0 aliphatic carbocycles. The maximum Gasteiger partial charge on any atom is 0.261 e. The summed E-state index contributed by atoms with van der Waals surface area (Å²) in [5, 5.41) is 5.28. The van der Waals surface area contributed by atoms with Gasteiger partial charge in [0, 0.05) is 23.3 Å². The molecule has 2 aromatic heterocycles. The van der Waals surface area contributed by atoms with Crippen molar-refractivity contribution in [1.29, 1.82) is 0 Å². The summed E-state index contributed by atoms with van der Waals surface area (Å²) in [7, 11) is 0. The molecule has 0 bridgehead atoms. The van der Waals surface area contributed by atoms with Gasteiger partial charge in [0.1, 0.15) is 29.4 Å². The molecule has 0 aliphatic rings. The normalized spacial score (nSPS) is 10.8. The Labute approximate surface area is 186 Å². The van der Waals surface area contributed by atoms with Crippen molar-refractivity contribution in [2.24, 2.45) is 0 Å². The number of aromatic nitrogens is 2. The van der Waals surface area contributed by atoms with E-state index in [2.05, 4.69) is 15.6 Å². The van der Waals surface area contributed by atoms with Gasteiger partial charge in [0.25, 0.3) is 5.91 Å². The molecule has 166 valence electrons. The predicted molar refractivity (Wildman–Crippen MR) is 120 cm³/mol. The highest BCUT2D eigenvalue weighted by Crippen LogP contribution is 2.15. The van der Waals surface area contributed by atoms with Crippen molar-refractivity contribution in [1.82, 2.24) is 9.55 Å². The summed E-state index contributed by atoms with van der Waals surface area (Å²) >= 11 is 0. The molecular weight excluding hydrogens is 430 g/mol. The molecule has 2 N–H and O–H groups in total. The van der Waals surface area contributed by atoms with Gasteiger partial charge in [-0.3, -0.25) is 14.4 Å². The number of carbonyl (C=O) groups excluding carboxylic acids is 2. The standard InChI is InChI=1S/C24H18F2N4O3/c1-14-5-10-19-22(32)20(24(33)29-18-4-2-3-16(26)11-18)12-30(23(19)27-14)13-21(31)28-17-8-6-15(25)7-9-17/h2-12H,13H2,1H3,(H,28,31)(H,29,33). The molecular formula is C24H18F2N4O3. The highest BCUT2D eigenvalue weighted by molar-refractivity contribution is 6.05. The smallest absolute Gasteiger partial charge is 0.261 e. The zero-order valence-corrected chi connectivity index (χ0v) is 17.4. The molecule has 2 aromatic carbocycles. The number of benzene rings is 2. The fraction of sp³-hybridized carbons (Fsp3) is 0.0833. The summed E-state index contributed by atoms with van der Waals surface area (Å²) in [6, 6.07) is 13.7. The second kappa shape index (κ2) is 8.99. The zero-order chi connectivity index (χ0) is 23.5. The maximum absolute atomic E-state index is 13.5. The van der Waals surface area contributed by atoms with Crippen LogP contribution in [0.2, 0.25) is 0 Å². The van der Waals surface area contributed by atoms with Crippen LogP contribution >= 0.6 is 0 Å². The highest BCUT2D eigenvalue weighted by Gasteiger charge is 2.18. The molecule has 4 aromatic rings. The van der Waals surface area contributed by atoms with Crippen LogP contribution in [0.5, 0.6) is 0 Å². The predicted octanol–water partition coefficient (Wildman–Crippen LogP) is 3.87. The lowest BCUT2D eigenvalue weighted by Gasteiger charge is -2.14. The Morgan fingerprint density at radius 1 is 0.939 bits per heavy atom. The number of aryl methyl sites for hydroxylation is 1. The van der Waals surface area contributed by atoms with Crippen LogP contribution in [0.25, 0.3) is 11.0 Å². The van der Waals surface area contributed by atoms with Crippen LogP contribution < -0.4 is 16.1 Å². The largest absolute Gasteiger partial charge is 0.325 e.